The van der Waals surface area contributed by atoms with E-state index in [1.807, 2.05) is 18.2 Å². The summed E-state index contributed by atoms with van der Waals surface area (Å²) < 4.78 is 12.2. The Bertz CT molecular complexity index is 1730. The zero-order chi connectivity index (χ0) is 32.5. The maximum absolute atomic E-state index is 11.2. The summed E-state index contributed by atoms with van der Waals surface area (Å²) >= 11 is 0. The molecule has 5 aromatic rings. The molecule has 7 heteroatoms. The molecule has 5 rings (SSSR count). The van der Waals surface area contributed by atoms with E-state index in [2.05, 4.69) is 69.1 Å². The average Bonchev–Trinajstić information content (AvgIpc) is 3.07. The molecule has 1 heterocycles. The number of unbranched alkanes of at least 4 members (excludes halogenated alkanes) is 2. The van der Waals surface area contributed by atoms with Crippen LogP contribution in [-0.4, -0.2) is 38.4 Å². The lowest BCUT2D eigenvalue weighted by atomic mass is 10.0. The van der Waals surface area contributed by atoms with Crippen molar-refractivity contribution in [2.24, 2.45) is 11.8 Å². The Balaban J connectivity index is 1.51. The first-order valence-corrected chi connectivity index (χ1v) is 16.9. The zero-order valence-corrected chi connectivity index (χ0v) is 27.6. The molecular weight excluding hydrogens is 574 g/mol. The van der Waals surface area contributed by atoms with E-state index in [0.717, 1.165) is 73.1 Å². The van der Waals surface area contributed by atoms with Crippen molar-refractivity contribution in [3.05, 3.63) is 66.7 Å². The summed E-state index contributed by atoms with van der Waals surface area (Å²) in [6.07, 6.45) is 8.70. The third kappa shape index (κ3) is 8.06. The molecule has 0 spiro atoms. The summed E-state index contributed by atoms with van der Waals surface area (Å²) in [5.41, 5.74) is 0.898. The monoisotopic (exact) mass is 621 g/mol. The second-order valence-corrected chi connectivity index (χ2v) is 12.3. The van der Waals surface area contributed by atoms with E-state index in [-0.39, 0.29) is 28.9 Å². The Morgan fingerprint density at radius 2 is 1.17 bits per heavy atom. The first kappa shape index (κ1) is 33.0. The van der Waals surface area contributed by atoms with E-state index < -0.39 is 0 Å². The fourth-order valence-corrected chi connectivity index (χ4v) is 5.84. The molecule has 0 aliphatic carbocycles. The van der Waals surface area contributed by atoms with E-state index in [9.17, 15) is 10.2 Å². The van der Waals surface area contributed by atoms with Crippen molar-refractivity contribution in [1.82, 2.24) is 15.0 Å². The number of rotatable bonds is 16. The Hall–Kier alpha value is -4.39. The van der Waals surface area contributed by atoms with Gasteiger partial charge in [0.05, 0.1) is 13.2 Å². The molecule has 2 N–H and O–H groups in total. The lowest BCUT2D eigenvalue weighted by Crippen LogP contribution is -2.13. The Morgan fingerprint density at radius 1 is 0.609 bits per heavy atom. The summed E-state index contributed by atoms with van der Waals surface area (Å²) in [4.78, 5) is 14.0. The average molecular weight is 622 g/mol. The van der Waals surface area contributed by atoms with Crippen molar-refractivity contribution in [2.45, 2.75) is 79.1 Å². The summed E-state index contributed by atoms with van der Waals surface area (Å²) in [7, 11) is 0. The second kappa shape index (κ2) is 15.7. The van der Waals surface area contributed by atoms with E-state index in [1.54, 1.807) is 0 Å². The molecule has 0 radical (unpaired) electrons. The second-order valence-electron chi connectivity index (χ2n) is 12.3. The SMILES string of the molecule is CCCCC(CC)COc1cc(O)c(-c2nc(OCC(CC)CCCC)nc(-c3ccc4cc5ccccc5cc4c3)n2)c(O)c1. The molecule has 2 unspecified atom stereocenters. The first-order valence-electron chi connectivity index (χ1n) is 16.9. The molecule has 46 heavy (non-hydrogen) atoms. The molecule has 1 aromatic heterocycles. The lowest BCUT2D eigenvalue weighted by molar-refractivity contribution is 0.217. The van der Waals surface area contributed by atoms with Crippen LogP contribution in [0.3, 0.4) is 0 Å². The van der Waals surface area contributed by atoms with E-state index in [4.69, 9.17) is 19.4 Å². The van der Waals surface area contributed by atoms with Gasteiger partial charge in [0.1, 0.15) is 22.8 Å². The molecule has 0 fully saturated rings. The molecule has 0 aliphatic heterocycles. The molecule has 7 nitrogen and oxygen atoms in total. The maximum Gasteiger partial charge on any atom is 0.320 e. The zero-order valence-electron chi connectivity index (χ0n) is 27.6. The van der Waals surface area contributed by atoms with Gasteiger partial charge in [0.2, 0.25) is 0 Å². The van der Waals surface area contributed by atoms with Gasteiger partial charge in [-0.2, -0.15) is 9.97 Å². The van der Waals surface area contributed by atoms with Gasteiger partial charge < -0.3 is 19.7 Å². The standard InChI is InChI=1S/C39H47N3O4/c1-5-9-13-26(7-3)24-45-33-22-34(43)36(35(44)23-33)38-40-37(41-39(42-38)46-25-27(8-4)14-10-6-2)31-18-17-30-19-28-15-11-12-16-29(28)20-32(30)21-31/h11-12,15-23,26-27,43-44H,5-10,13-14,24-25H2,1-4H3. The molecule has 242 valence electrons. The Labute approximate surface area is 272 Å². The van der Waals surface area contributed by atoms with Gasteiger partial charge in [-0.1, -0.05) is 103 Å². The molecule has 0 saturated heterocycles. The predicted molar refractivity (Wildman–Crippen MR) is 187 cm³/mol. The van der Waals surface area contributed by atoms with Gasteiger partial charge in [-0.05, 0) is 64.4 Å². The molecule has 0 aliphatic rings. The minimum Gasteiger partial charge on any atom is -0.507 e. The van der Waals surface area contributed by atoms with Crippen LogP contribution in [0.2, 0.25) is 0 Å². The van der Waals surface area contributed by atoms with Crippen LogP contribution < -0.4 is 9.47 Å². The van der Waals surface area contributed by atoms with Crippen molar-refractivity contribution in [2.75, 3.05) is 13.2 Å². The first-order chi connectivity index (χ1) is 22.4. The van der Waals surface area contributed by atoms with E-state index in [0.29, 0.717) is 36.6 Å². The smallest absolute Gasteiger partial charge is 0.320 e. The van der Waals surface area contributed by atoms with Gasteiger partial charge >= 0.3 is 6.01 Å². The van der Waals surface area contributed by atoms with Crippen LogP contribution >= 0.6 is 0 Å². The van der Waals surface area contributed by atoms with E-state index >= 15 is 0 Å². The van der Waals surface area contributed by atoms with Gasteiger partial charge in [0, 0.05) is 17.7 Å². The summed E-state index contributed by atoms with van der Waals surface area (Å²) in [5.74, 6) is 1.40. The van der Waals surface area contributed by atoms with Gasteiger partial charge in [-0.25, -0.2) is 4.98 Å². The van der Waals surface area contributed by atoms with Crippen molar-refractivity contribution in [3.8, 4) is 46.0 Å². The topological polar surface area (TPSA) is 97.6 Å². The van der Waals surface area contributed by atoms with E-state index in [1.165, 1.54) is 17.5 Å². The number of hydrogen-bond acceptors (Lipinski definition) is 7. The molecular formula is C39H47N3O4. The number of phenols is 2. The highest BCUT2D eigenvalue weighted by atomic mass is 16.5. The number of benzene rings is 4. The molecule has 4 aromatic carbocycles. The van der Waals surface area contributed by atoms with Gasteiger partial charge in [-0.15, -0.1) is 0 Å². The van der Waals surface area contributed by atoms with Gasteiger partial charge in [-0.3, -0.25) is 0 Å². The summed E-state index contributed by atoms with van der Waals surface area (Å²) in [6.45, 7) is 9.69. The number of ether oxygens (including phenoxy) is 2. The fourth-order valence-electron chi connectivity index (χ4n) is 5.84. The van der Waals surface area contributed by atoms with Gasteiger partial charge in [0.25, 0.3) is 0 Å². The summed E-state index contributed by atoms with van der Waals surface area (Å²) in [6, 6.07) is 21.9. The maximum atomic E-state index is 11.2. The highest BCUT2D eigenvalue weighted by Crippen LogP contribution is 2.40. The van der Waals surface area contributed by atoms with Crippen molar-refractivity contribution < 1.29 is 19.7 Å². The van der Waals surface area contributed by atoms with Crippen molar-refractivity contribution in [3.63, 3.8) is 0 Å². The normalized spacial score (nSPS) is 12.8. The van der Waals surface area contributed by atoms with Gasteiger partial charge in [0.15, 0.2) is 11.6 Å². The third-order valence-corrected chi connectivity index (χ3v) is 8.89. The van der Waals surface area contributed by atoms with Crippen LogP contribution in [0.25, 0.3) is 44.3 Å². The minimum absolute atomic E-state index is 0.115. The number of fused-ring (bicyclic) bond motifs is 2. The van der Waals surface area contributed by atoms with Crippen LogP contribution in [0, 0.1) is 11.8 Å². The van der Waals surface area contributed by atoms with Crippen LogP contribution in [0.15, 0.2) is 66.7 Å². The molecule has 0 bridgehead atoms. The number of aromatic hydroxyl groups is 2. The number of hydrogen-bond donors (Lipinski definition) is 2. The predicted octanol–water partition coefficient (Wildman–Crippen LogP) is 10.1. The fraction of sp³-hybridized carbons (Fsp3) is 0.410. The quantitative estimate of drug-likeness (QED) is 0.106. The van der Waals surface area contributed by atoms with Crippen LogP contribution in [0.4, 0.5) is 0 Å². The number of nitrogens with zero attached hydrogens (tertiary/aromatic N) is 3. The van der Waals surface area contributed by atoms with Crippen molar-refractivity contribution in [1.29, 1.82) is 0 Å². The van der Waals surface area contributed by atoms with Crippen LogP contribution in [0.5, 0.6) is 23.3 Å². The number of phenolic OH excluding ortho intramolecular Hbond substituents is 2. The molecule has 2 atom stereocenters. The molecule has 0 saturated carbocycles. The van der Waals surface area contributed by atoms with Crippen molar-refractivity contribution >= 4 is 21.5 Å². The molecule has 0 amide bonds. The summed E-state index contributed by atoms with van der Waals surface area (Å²) in [5, 5.41) is 26.8. The highest BCUT2D eigenvalue weighted by molar-refractivity contribution is 5.99. The lowest BCUT2D eigenvalue weighted by Gasteiger charge is -2.17. The van der Waals surface area contributed by atoms with Crippen LogP contribution in [0.1, 0.15) is 79.1 Å². The van der Waals surface area contributed by atoms with Crippen LogP contribution in [-0.2, 0) is 0 Å². The largest absolute Gasteiger partial charge is 0.507 e. The highest BCUT2D eigenvalue weighted by Gasteiger charge is 2.21. The minimum atomic E-state index is -0.168. The third-order valence-electron chi connectivity index (χ3n) is 8.89. The number of aromatic nitrogens is 3. The Kier molecular flexibility index (Phi) is 11.3. The Morgan fingerprint density at radius 3 is 1.78 bits per heavy atom.